The molecule has 6 heteroatoms. The van der Waals surface area contributed by atoms with E-state index >= 15 is 0 Å². The summed E-state index contributed by atoms with van der Waals surface area (Å²) in [5.41, 5.74) is 0. The predicted octanol–water partition coefficient (Wildman–Crippen LogP) is 4.16. The highest BCUT2D eigenvalue weighted by molar-refractivity contribution is 7.11. The molecule has 0 spiro atoms. The molecule has 0 aromatic rings. The van der Waals surface area contributed by atoms with E-state index in [-0.39, 0.29) is 10.4 Å². The SMILES string of the molecule is CO[Si](OC)(OC(C)C)C(C)([Si](C)(C)C)[Si](C)(C)C. The van der Waals surface area contributed by atoms with Gasteiger partial charge in [-0.15, -0.1) is 0 Å². The molecule has 3 nitrogen and oxygen atoms in total. The minimum Gasteiger partial charge on any atom is -0.377 e. The van der Waals surface area contributed by atoms with Gasteiger partial charge in [-0.05, 0) is 13.8 Å². The molecule has 19 heavy (non-hydrogen) atoms. The van der Waals surface area contributed by atoms with E-state index in [2.05, 4.69) is 60.1 Å². The number of hydrogen-bond acceptors (Lipinski definition) is 3. The summed E-state index contributed by atoms with van der Waals surface area (Å²) < 4.78 is 18.3. The molecule has 0 heterocycles. The van der Waals surface area contributed by atoms with Crippen LogP contribution in [0.1, 0.15) is 20.8 Å². The van der Waals surface area contributed by atoms with E-state index in [0.717, 1.165) is 0 Å². The molecule has 0 radical (unpaired) electrons. The topological polar surface area (TPSA) is 27.7 Å². The highest BCUT2D eigenvalue weighted by atomic mass is 28.5. The van der Waals surface area contributed by atoms with Crippen LogP contribution in [-0.2, 0) is 13.3 Å². The van der Waals surface area contributed by atoms with Gasteiger partial charge in [0.15, 0.2) is 0 Å². The fraction of sp³-hybridized carbons (Fsp3) is 1.00. The van der Waals surface area contributed by atoms with E-state index in [1.165, 1.54) is 0 Å². The van der Waals surface area contributed by atoms with Crippen LogP contribution in [0.25, 0.3) is 0 Å². The zero-order valence-corrected chi connectivity index (χ0v) is 17.8. The van der Waals surface area contributed by atoms with Gasteiger partial charge >= 0.3 is 8.80 Å². The fourth-order valence-electron chi connectivity index (χ4n) is 3.06. The Hall–Kier alpha value is 0.531. The number of hydrogen-bond donors (Lipinski definition) is 0. The van der Waals surface area contributed by atoms with Gasteiger partial charge in [0, 0.05) is 24.6 Å². The van der Waals surface area contributed by atoms with Gasteiger partial charge < -0.3 is 13.3 Å². The Morgan fingerprint density at radius 1 is 0.789 bits per heavy atom. The zero-order valence-electron chi connectivity index (χ0n) is 14.8. The first-order valence-electron chi connectivity index (χ1n) is 7.07. The smallest absolute Gasteiger partial charge is 0.377 e. The van der Waals surface area contributed by atoms with Crippen molar-refractivity contribution in [1.29, 1.82) is 0 Å². The van der Waals surface area contributed by atoms with Gasteiger partial charge in [0.1, 0.15) is 0 Å². The van der Waals surface area contributed by atoms with E-state index in [1.807, 2.05) is 0 Å². The van der Waals surface area contributed by atoms with Gasteiger partial charge in [0.25, 0.3) is 0 Å². The van der Waals surface area contributed by atoms with Crippen molar-refractivity contribution in [2.45, 2.75) is 70.4 Å². The molecule has 116 valence electrons. The molecule has 0 rings (SSSR count). The Morgan fingerprint density at radius 2 is 1.11 bits per heavy atom. The van der Waals surface area contributed by atoms with Gasteiger partial charge in [-0.3, -0.25) is 0 Å². The molecule has 0 amide bonds. The summed E-state index contributed by atoms with van der Waals surface area (Å²) >= 11 is 0. The standard InChI is InChI=1S/C13H34O3Si3/c1-12(2)16-19(14-4,15-5)13(3,17(6,7)8)18(9,10)11/h12H,1-11H3. The Kier molecular flexibility index (Phi) is 6.28. The van der Waals surface area contributed by atoms with Crippen molar-refractivity contribution in [3.8, 4) is 0 Å². The third-order valence-electron chi connectivity index (χ3n) is 4.54. The second-order valence-electron chi connectivity index (χ2n) is 7.76. The molecule has 0 bridgehead atoms. The minimum atomic E-state index is -2.71. The van der Waals surface area contributed by atoms with Gasteiger partial charge in [0.2, 0.25) is 0 Å². The third kappa shape index (κ3) is 3.41. The van der Waals surface area contributed by atoms with Gasteiger partial charge in [-0.2, -0.15) is 0 Å². The quantitative estimate of drug-likeness (QED) is 0.659. The van der Waals surface area contributed by atoms with Crippen molar-refractivity contribution in [2.75, 3.05) is 14.2 Å². The summed E-state index contributed by atoms with van der Waals surface area (Å²) in [6.45, 7) is 21.0. The highest BCUT2D eigenvalue weighted by Gasteiger charge is 2.68. The predicted molar refractivity (Wildman–Crippen MR) is 91.1 cm³/mol. The highest BCUT2D eigenvalue weighted by Crippen LogP contribution is 2.54. The van der Waals surface area contributed by atoms with Crippen molar-refractivity contribution < 1.29 is 13.3 Å². The van der Waals surface area contributed by atoms with Gasteiger partial charge in [0.05, 0.1) is 16.1 Å². The lowest BCUT2D eigenvalue weighted by Gasteiger charge is -2.55. The van der Waals surface area contributed by atoms with E-state index in [9.17, 15) is 0 Å². The molecule has 0 N–H and O–H groups in total. The van der Waals surface area contributed by atoms with E-state index in [0.29, 0.717) is 0 Å². The number of rotatable bonds is 7. The lowest BCUT2D eigenvalue weighted by atomic mass is 10.5. The Labute approximate surface area is 123 Å². The Morgan fingerprint density at radius 3 is 1.26 bits per heavy atom. The maximum absolute atomic E-state index is 6.32. The molecule has 0 aromatic heterocycles. The Balaban J connectivity index is 6.08. The molecule has 0 aliphatic heterocycles. The lowest BCUT2D eigenvalue weighted by Crippen LogP contribution is -2.71. The molecule has 0 unspecified atom stereocenters. The van der Waals surface area contributed by atoms with Crippen LogP contribution in [0.3, 0.4) is 0 Å². The largest absolute Gasteiger partial charge is 0.501 e. The third-order valence-corrected chi connectivity index (χ3v) is 24.5. The minimum absolute atomic E-state index is 0.0702. The summed E-state index contributed by atoms with van der Waals surface area (Å²) in [5, 5.41) is 0. The van der Waals surface area contributed by atoms with Crippen LogP contribution in [0.5, 0.6) is 0 Å². The lowest BCUT2D eigenvalue weighted by molar-refractivity contribution is 0.0625. The van der Waals surface area contributed by atoms with Crippen LogP contribution in [0.4, 0.5) is 0 Å². The Bertz CT molecular complexity index is 274. The van der Waals surface area contributed by atoms with Crippen LogP contribution in [0, 0.1) is 0 Å². The average Bonchev–Trinajstić information content (AvgIpc) is 2.21. The first kappa shape index (κ1) is 19.5. The van der Waals surface area contributed by atoms with Crippen LogP contribution >= 0.6 is 0 Å². The first-order valence-corrected chi connectivity index (χ1v) is 15.8. The van der Waals surface area contributed by atoms with Crippen molar-refractivity contribution in [3.63, 3.8) is 0 Å². The van der Waals surface area contributed by atoms with E-state index < -0.39 is 25.0 Å². The zero-order chi connectivity index (χ0) is 15.7. The summed E-state index contributed by atoms with van der Waals surface area (Å²) in [5.74, 6) is 0. The summed E-state index contributed by atoms with van der Waals surface area (Å²) in [4.78, 5) is 0. The average molecular weight is 323 g/mol. The van der Waals surface area contributed by atoms with Gasteiger partial charge in [-0.25, -0.2) is 0 Å². The maximum Gasteiger partial charge on any atom is 0.501 e. The molecular formula is C13H34O3Si3. The molecule has 0 aliphatic rings. The summed E-state index contributed by atoms with van der Waals surface area (Å²) in [7, 11) is -2.27. The molecule has 0 atom stereocenters. The van der Waals surface area contributed by atoms with E-state index in [1.54, 1.807) is 14.2 Å². The normalized spacial score (nSPS) is 15.2. The summed E-state index contributed by atoms with van der Waals surface area (Å²) in [6, 6.07) is 0. The summed E-state index contributed by atoms with van der Waals surface area (Å²) in [6.07, 6.45) is 0.124. The van der Waals surface area contributed by atoms with Gasteiger partial charge in [-0.1, -0.05) is 46.2 Å². The van der Waals surface area contributed by atoms with Crippen LogP contribution < -0.4 is 0 Å². The fourth-order valence-corrected chi connectivity index (χ4v) is 23.0. The monoisotopic (exact) mass is 322 g/mol. The second-order valence-corrected chi connectivity index (χ2v) is 23.4. The van der Waals surface area contributed by atoms with Crippen LogP contribution in [0.2, 0.25) is 43.6 Å². The van der Waals surface area contributed by atoms with Crippen molar-refractivity contribution in [3.05, 3.63) is 0 Å². The molecule has 0 saturated heterocycles. The van der Waals surface area contributed by atoms with Crippen LogP contribution in [-0.4, -0.2) is 45.3 Å². The molecule has 0 fully saturated rings. The molecular weight excluding hydrogens is 288 g/mol. The van der Waals surface area contributed by atoms with Crippen molar-refractivity contribution in [1.82, 2.24) is 0 Å². The molecule has 0 aromatic carbocycles. The second kappa shape index (κ2) is 6.11. The molecule has 0 saturated carbocycles. The van der Waals surface area contributed by atoms with E-state index in [4.69, 9.17) is 13.3 Å². The van der Waals surface area contributed by atoms with Crippen LogP contribution in [0.15, 0.2) is 0 Å². The van der Waals surface area contributed by atoms with Crippen molar-refractivity contribution >= 4 is 25.0 Å². The molecule has 0 aliphatic carbocycles. The first-order chi connectivity index (χ1) is 8.29. The maximum atomic E-state index is 6.32. The van der Waals surface area contributed by atoms with Crippen molar-refractivity contribution in [2.24, 2.45) is 0 Å².